The van der Waals surface area contributed by atoms with Gasteiger partial charge in [-0.3, -0.25) is 14.0 Å². The third kappa shape index (κ3) is 3.88. The van der Waals surface area contributed by atoms with Gasteiger partial charge in [0.25, 0.3) is 0 Å². The molecule has 2 aliphatic rings. The molecule has 4 heterocycles. The maximum Gasteiger partial charge on any atom is 0.246 e. The Kier molecular flexibility index (Phi) is 5.47. The fraction of sp³-hybridized carbons (Fsp3) is 0.500. The molecule has 0 saturated carbocycles. The van der Waals surface area contributed by atoms with Crippen molar-refractivity contribution in [2.45, 2.75) is 12.8 Å². The average molecular weight is 409 g/mol. The van der Waals surface area contributed by atoms with Crippen molar-refractivity contribution in [1.29, 1.82) is 0 Å². The van der Waals surface area contributed by atoms with Gasteiger partial charge in [-0.2, -0.15) is 0 Å². The molecular weight excluding hydrogens is 388 g/mol. The summed E-state index contributed by atoms with van der Waals surface area (Å²) in [5, 5.41) is 2.31. The highest BCUT2D eigenvalue weighted by atomic mass is 35.5. The van der Waals surface area contributed by atoms with Crippen molar-refractivity contribution in [2.24, 2.45) is 5.92 Å². The quantitative estimate of drug-likeness (QED) is 0.730. The molecular formula is C18H21ClN4O3S. The van der Waals surface area contributed by atoms with Crippen LogP contribution in [0.5, 0.6) is 0 Å². The normalized spacial score (nSPS) is 19.3. The number of likely N-dealkylation sites (tertiary alicyclic amines) is 1. The van der Waals surface area contributed by atoms with E-state index in [1.54, 1.807) is 11.0 Å². The highest BCUT2D eigenvalue weighted by molar-refractivity contribution is 7.15. The molecule has 9 heteroatoms. The molecule has 0 aliphatic carbocycles. The molecule has 2 aromatic heterocycles. The van der Waals surface area contributed by atoms with Crippen molar-refractivity contribution in [3.05, 3.63) is 28.5 Å². The Morgan fingerprint density at radius 1 is 1.19 bits per heavy atom. The van der Waals surface area contributed by atoms with Crippen LogP contribution in [0.4, 0.5) is 0 Å². The standard InChI is InChI=1S/C18H21ClN4O3S/c19-16-14(23-9-12-27-18(23)20-16)1-2-15(24)21-5-3-13(4-6-21)17(25)22-7-10-26-11-8-22/h1-2,9,12-13H,3-8,10-11H2/b2-1+. The summed E-state index contributed by atoms with van der Waals surface area (Å²) >= 11 is 7.65. The molecule has 0 spiro atoms. The summed E-state index contributed by atoms with van der Waals surface area (Å²) < 4.78 is 7.17. The zero-order chi connectivity index (χ0) is 18.8. The number of halogens is 1. The average Bonchev–Trinajstić information content (AvgIpc) is 3.27. The first-order valence-electron chi connectivity index (χ1n) is 9.08. The molecule has 2 aliphatic heterocycles. The molecule has 0 bridgehead atoms. The van der Waals surface area contributed by atoms with Crippen molar-refractivity contribution < 1.29 is 14.3 Å². The van der Waals surface area contributed by atoms with Crippen molar-refractivity contribution in [3.63, 3.8) is 0 Å². The third-order valence-electron chi connectivity index (χ3n) is 5.12. The van der Waals surface area contributed by atoms with Crippen LogP contribution in [0.15, 0.2) is 17.7 Å². The van der Waals surface area contributed by atoms with E-state index in [-0.39, 0.29) is 17.7 Å². The molecule has 0 unspecified atom stereocenters. The second-order valence-electron chi connectivity index (χ2n) is 6.71. The van der Waals surface area contributed by atoms with Gasteiger partial charge in [-0.05, 0) is 18.9 Å². The lowest BCUT2D eigenvalue weighted by Crippen LogP contribution is -2.47. The van der Waals surface area contributed by atoms with E-state index < -0.39 is 0 Å². The van der Waals surface area contributed by atoms with E-state index in [4.69, 9.17) is 16.3 Å². The number of rotatable bonds is 3. The first-order chi connectivity index (χ1) is 13.1. The predicted octanol–water partition coefficient (Wildman–Crippen LogP) is 2.16. The van der Waals surface area contributed by atoms with Gasteiger partial charge in [0.1, 0.15) is 0 Å². The Labute approximate surface area is 166 Å². The van der Waals surface area contributed by atoms with Crippen LogP contribution in [-0.2, 0) is 14.3 Å². The van der Waals surface area contributed by atoms with Crippen LogP contribution in [0.25, 0.3) is 11.0 Å². The van der Waals surface area contributed by atoms with E-state index in [1.807, 2.05) is 20.9 Å². The Morgan fingerprint density at radius 3 is 2.67 bits per heavy atom. The zero-order valence-electron chi connectivity index (χ0n) is 14.8. The number of hydrogen-bond donors (Lipinski definition) is 0. The minimum Gasteiger partial charge on any atom is -0.378 e. The summed E-state index contributed by atoms with van der Waals surface area (Å²) in [6.45, 7) is 3.76. The lowest BCUT2D eigenvalue weighted by Gasteiger charge is -2.35. The highest BCUT2D eigenvalue weighted by Crippen LogP contribution is 2.23. The van der Waals surface area contributed by atoms with E-state index in [9.17, 15) is 9.59 Å². The molecule has 2 amide bonds. The summed E-state index contributed by atoms with van der Waals surface area (Å²) in [6, 6.07) is 0. The molecule has 2 saturated heterocycles. The van der Waals surface area contributed by atoms with Crippen LogP contribution in [0.2, 0.25) is 5.15 Å². The number of carbonyl (C=O) groups excluding carboxylic acids is 2. The van der Waals surface area contributed by atoms with Gasteiger partial charge in [-0.1, -0.05) is 11.6 Å². The third-order valence-corrected chi connectivity index (χ3v) is 6.15. The van der Waals surface area contributed by atoms with Gasteiger partial charge in [0.15, 0.2) is 10.1 Å². The maximum absolute atomic E-state index is 12.6. The number of piperidine rings is 1. The van der Waals surface area contributed by atoms with Gasteiger partial charge in [-0.25, -0.2) is 4.98 Å². The first-order valence-corrected chi connectivity index (χ1v) is 10.3. The van der Waals surface area contributed by atoms with Gasteiger partial charge >= 0.3 is 0 Å². The molecule has 7 nitrogen and oxygen atoms in total. The number of amides is 2. The lowest BCUT2D eigenvalue weighted by molar-refractivity contribution is -0.142. The SMILES string of the molecule is O=C(/C=C/c1c(Cl)nc2sccn12)N1CCC(C(=O)N2CCOCC2)CC1. The Hall–Kier alpha value is -1.90. The summed E-state index contributed by atoms with van der Waals surface area (Å²) in [6.07, 6.45) is 6.54. The molecule has 27 heavy (non-hydrogen) atoms. The smallest absolute Gasteiger partial charge is 0.246 e. The molecule has 2 fully saturated rings. The lowest BCUT2D eigenvalue weighted by atomic mass is 9.95. The second kappa shape index (κ2) is 8.00. The van der Waals surface area contributed by atoms with Crippen LogP contribution >= 0.6 is 22.9 Å². The number of ether oxygens (including phenoxy) is 1. The summed E-state index contributed by atoms with van der Waals surface area (Å²) in [7, 11) is 0. The molecule has 2 aromatic rings. The number of aromatic nitrogens is 2. The minimum atomic E-state index is -0.0616. The van der Waals surface area contributed by atoms with Crippen LogP contribution in [0, 0.1) is 5.92 Å². The van der Waals surface area contributed by atoms with Gasteiger partial charge < -0.3 is 14.5 Å². The molecule has 0 aromatic carbocycles. The predicted molar refractivity (Wildman–Crippen MR) is 104 cm³/mol. The summed E-state index contributed by atoms with van der Waals surface area (Å²) in [4.78, 5) is 33.8. The Balaban J connectivity index is 1.34. The molecule has 144 valence electrons. The topological polar surface area (TPSA) is 67.2 Å². The zero-order valence-corrected chi connectivity index (χ0v) is 16.4. The second-order valence-corrected chi connectivity index (χ2v) is 7.95. The van der Waals surface area contributed by atoms with E-state index in [2.05, 4.69) is 4.98 Å². The maximum atomic E-state index is 12.6. The highest BCUT2D eigenvalue weighted by Gasteiger charge is 2.30. The number of thiazole rings is 1. The van der Waals surface area contributed by atoms with Gasteiger partial charge in [0.2, 0.25) is 11.8 Å². The monoisotopic (exact) mass is 408 g/mol. The van der Waals surface area contributed by atoms with Gasteiger partial charge in [-0.15, -0.1) is 11.3 Å². The summed E-state index contributed by atoms with van der Waals surface area (Å²) in [5.74, 6) is 0.145. The van der Waals surface area contributed by atoms with E-state index in [0.29, 0.717) is 63.1 Å². The Morgan fingerprint density at radius 2 is 1.93 bits per heavy atom. The molecule has 0 radical (unpaired) electrons. The van der Waals surface area contributed by atoms with Crippen molar-refractivity contribution in [3.8, 4) is 0 Å². The molecule has 0 N–H and O–H groups in total. The van der Waals surface area contributed by atoms with Gasteiger partial charge in [0.05, 0.1) is 18.9 Å². The number of imidazole rings is 1. The molecule has 4 rings (SSSR count). The van der Waals surface area contributed by atoms with Crippen LogP contribution < -0.4 is 0 Å². The number of nitrogens with zero attached hydrogens (tertiary/aromatic N) is 4. The van der Waals surface area contributed by atoms with Gasteiger partial charge in [0, 0.05) is 49.7 Å². The number of fused-ring (bicyclic) bond motifs is 1. The van der Waals surface area contributed by atoms with Crippen LogP contribution in [0.3, 0.4) is 0 Å². The van der Waals surface area contributed by atoms with Crippen LogP contribution in [-0.4, -0.2) is 70.4 Å². The van der Waals surface area contributed by atoms with Crippen molar-refractivity contribution in [2.75, 3.05) is 39.4 Å². The number of hydrogen-bond acceptors (Lipinski definition) is 5. The van der Waals surface area contributed by atoms with Crippen molar-refractivity contribution in [1.82, 2.24) is 19.2 Å². The van der Waals surface area contributed by atoms with E-state index in [1.165, 1.54) is 17.4 Å². The fourth-order valence-corrected chi connectivity index (χ4v) is 4.58. The number of morpholine rings is 1. The van der Waals surface area contributed by atoms with Crippen molar-refractivity contribution >= 4 is 45.8 Å². The van der Waals surface area contributed by atoms with E-state index in [0.717, 1.165) is 4.96 Å². The summed E-state index contributed by atoms with van der Waals surface area (Å²) in [5.41, 5.74) is 0.707. The molecule has 0 atom stereocenters. The fourth-order valence-electron chi connectivity index (χ4n) is 3.57. The van der Waals surface area contributed by atoms with Crippen LogP contribution in [0.1, 0.15) is 18.5 Å². The first kappa shape index (κ1) is 18.5. The largest absolute Gasteiger partial charge is 0.378 e. The minimum absolute atomic E-state index is 0.00540. The number of carbonyl (C=O) groups is 2. The Bertz CT molecular complexity index is 863. The van der Waals surface area contributed by atoms with E-state index >= 15 is 0 Å².